The Morgan fingerprint density at radius 3 is 2.46 bits per heavy atom. The molecule has 2 saturated heterocycles. The fraction of sp³-hybridized carbons (Fsp3) is 0.619. The summed E-state index contributed by atoms with van der Waals surface area (Å²) in [6.45, 7) is 6.44. The number of nitrogens with one attached hydrogen (secondary N) is 1. The highest BCUT2D eigenvalue weighted by Crippen LogP contribution is 2.19. The van der Waals surface area contributed by atoms with Crippen molar-refractivity contribution in [1.29, 1.82) is 5.26 Å². The predicted molar refractivity (Wildman–Crippen MR) is 102 cm³/mol. The number of nitriles is 1. The summed E-state index contributed by atoms with van der Waals surface area (Å²) in [6.07, 6.45) is 5.53. The molecule has 26 heavy (non-hydrogen) atoms. The van der Waals surface area contributed by atoms with Crippen LogP contribution < -0.4 is 5.32 Å². The molecule has 0 unspecified atom stereocenters. The van der Waals surface area contributed by atoms with Gasteiger partial charge in [0.15, 0.2) is 0 Å². The first-order valence-electron chi connectivity index (χ1n) is 9.90. The van der Waals surface area contributed by atoms with Crippen LogP contribution in [0.2, 0.25) is 0 Å². The third-order valence-electron chi connectivity index (χ3n) is 5.76. The molecule has 1 aromatic rings. The first-order valence-corrected chi connectivity index (χ1v) is 9.90. The second kappa shape index (κ2) is 9.05. The molecule has 2 aliphatic heterocycles. The monoisotopic (exact) mass is 354 g/mol. The molecule has 0 saturated carbocycles. The Hall–Kier alpha value is -2.06. The molecule has 0 aliphatic carbocycles. The number of hydrogen-bond acceptors (Lipinski definition) is 3. The van der Waals surface area contributed by atoms with E-state index in [9.17, 15) is 4.79 Å². The maximum Gasteiger partial charge on any atom is 0.317 e. The maximum absolute atomic E-state index is 12.3. The number of hydrogen-bond donors (Lipinski definition) is 1. The van der Waals surface area contributed by atoms with Crippen molar-refractivity contribution in [2.75, 3.05) is 19.6 Å². The van der Waals surface area contributed by atoms with E-state index in [0.717, 1.165) is 24.9 Å². The van der Waals surface area contributed by atoms with E-state index in [1.54, 1.807) is 0 Å². The van der Waals surface area contributed by atoms with Gasteiger partial charge >= 0.3 is 6.03 Å². The second-order valence-corrected chi connectivity index (χ2v) is 7.68. The fourth-order valence-electron chi connectivity index (χ4n) is 3.89. The van der Waals surface area contributed by atoms with Crippen molar-refractivity contribution >= 4 is 6.03 Å². The molecule has 2 aliphatic rings. The summed E-state index contributed by atoms with van der Waals surface area (Å²) in [5.74, 6) is 0.106. The van der Waals surface area contributed by atoms with Crippen molar-refractivity contribution in [1.82, 2.24) is 15.1 Å². The summed E-state index contributed by atoms with van der Waals surface area (Å²) in [5.41, 5.74) is 2.47. The van der Waals surface area contributed by atoms with E-state index in [1.165, 1.54) is 31.4 Å². The molecule has 5 heteroatoms. The molecule has 3 rings (SSSR count). The molecule has 0 radical (unpaired) electrons. The smallest absolute Gasteiger partial charge is 0.317 e. The molecule has 2 fully saturated rings. The van der Waals surface area contributed by atoms with Crippen LogP contribution in [0.5, 0.6) is 0 Å². The van der Waals surface area contributed by atoms with Crippen LogP contribution in [-0.2, 0) is 13.1 Å². The number of benzene rings is 1. The van der Waals surface area contributed by atoms with Crippen LogP contribution in [0.15, 0.2) is 24.3 Å². The third kappa shape index (κ3) is 4.98. The molecule has 0 bridgehead atoms. The van der Waals surface area contributed by atoms with E-state index in [0.29, 0.717) is 25.7 Å². The molecule has 140 valence electrons. The van der Waals surface area contributed by atoms with E-state index in [4.69, 9.17) is 5.26 Å². The zero-order valence-corrected chi connectivity index (χ0v) is 15.8. The Morgan fingerprint density at radius 1 is 1.12 bits per heavy atom. The van der Waals surface area contributed by atoms with Gasteiger partial charge in [0.25, 0.3) is 0 Å². The van der Waals surface area contributed by atoms with Gasteiger partial charge in [-0.15, -0.1) is 0 Å². The highest BCUT2D eigenvalue weighted by Gasteiger charge is 2.22. The molecule has 1 aromatic carbocycles. The number of rotatable bonds is 4. The number of urea groups is 1. The van der Waals surface area contributed by atoms with Gasteiger partial charge in [-0.1, -0.05) is 30.7 Å². The largest absolute Gasteiger partial charge is 0.334 e. The number of carbonyl (C=O) groups excluding carboxylic acids is 1. The third-order valence-corrected chi connectivity index (χ3v) is 5.76. The first-order chi connectivity index (χ1) is 12.7. The standard InChI is InChI=1S/C21H30N4O/c1-17-4-2-3-11-25(17)16-20-7-5-19(6-8-20)15-23-21(26)24-12-9-18(14-22)10-13-24/h5-8,17-18H,2-4,9-13,15-16H2,1H3,(H,23,26)/t17-/m1/s1. The lowest BCUT2D eigenvalue weighted by Crippen LogP contribution is -2.44. The van der Waals surface area contributed by atoms with Crippen LogP contribution in [-0.4, -0.2) is 41.5 Å². The molecular formula is C21H30N4O. The lowest BCUT2D eigenvalue weighted by Gasteiger charge is -2.33. The summed E-state index contributed by atoms with van der Waals surface area (Å²) in [6, 6.07) is 11.5. The van der Waals surface area contributed by atoms with Gasteiger partial charge in [0.05, 0.1) is 6.07 Å². The highest BCUT2D eigenvalue weighted by molar-refractivity contribution is 5.74. The highest BCUT2D eigenvalue weighted by atomic mass is 16.2. The van der Waals surface area contributed by atoms with E-state index >= 15 is 0 Å². The van der Waals surface area contributed by atoms with Crippen molar-refractivity contribution < 1.29 is 4.79 Å². The molecule has 0 spiro atoms. The Labute approximate surface area is 157 Å². The van der Waals surface area contributed by atoms with Crippen molar-refractivity contribution in [3.63, 3.8) is 0 Å². The van der Waals surface area contributed by atoms with Crippen LogP contribution in [0.4, 0.5) is 4.79 Å². The molecule has 1 N–H and O–H groups in total. The Kier molecular flexibility index (Phi) is 6.51. The average molecular weight is 354 g/mol. The predicted octanol–water partition coefficient (Wildman–Crippen LogP) is 3.51. The number of amides is 2. The summed E-state index contributed by atoms with van der Waals surface area (Å²) in [4.78, 5) is 16.6. The quantitative estimate of drug-likeness (QED) is 0.900. The van der Waals surface area contributed by atoms with Crippen LogP contribution >= 0.6 is 0 Å². The topological polar surface area (TPSA) is 59.4 Å². The van der Waals surface area contributed by atoms with Crippen LogP contribution in [0.3, 0.4) is 0 Å². The first kappa shape index (κ1) is 18.7. The van der Waals surface area contributed by atoms with Crippen molar-refractivity contribution in [3.8, 4) is 6.07 Å². The minimum atomic E-state index is -0.0207. The van der Waals surface area contributed by atoms with E-state index in [2.05, 4.69) is 47.5 Å². The van der Waals surface area contributed by atoms with E-state index in [1.807, 2.05) is 4.90 Å². The molecule has 2 amide bonds. The van der Waals surface area contributed by atoms with Crippen molar-refractivity contribution in [2.45, 2.75) is 58.2 Å². The molecule has 0 aromatic heterocycles. The summed E-state index contributed by atoms with van der Waals surface area (Å²) < 4.78 is 0. The summed E-state index contributed by atoms with van der Waals surface area (Å²) in [5, 5.41) is 11.9. The van der Waals surface area contributed by atoms with Crippen LogP contribution in [0.25, 0.3) is 0 Å². The van der Waals surface area contributed by atoms with Crippen molar-refractivity contribution in [2.24, 2.45) is 5.92 Å². The maximum atomic E-state index is 12.3. The van der Waals surface area contributed by atoms with Crippen LogP contribution in [0.1, 0.15) is 50.2 Å². The van der Waals surface area contributed by atoms with Gasteiger partial charge in [-0.05, 0) is 50.3 Å². The number of nitrogens with zero attached hydrogens (tertiary/aromatic N) is 3. The molecule has 5 nitrogen and oxygen atoms in total. The minimum absolute atomic E-state index is 0.0207. The average Bonchev–Trinajstić information content (AvgIpc) is 2.69. The number of likely N-dealkylation sites (tertiary alicyclic amines) is 2. The van der Waals surface area contributed by atoms with Gasteiger partial charge in [-0.3, -0.25) is 4.90 Å². The van der Waals surface area contributed by atoms with Gasteiger partial charge in [0.1, 0.15) is 0 Å². The Balaban J connectivity index is 1.44. The van der Waals surface area contributed by atoms with Gasteiger partial charge in [0.2, 0.25) is 0 Å². The van der Waals surface area contributed by atoms with Crippen molar-refractivity contribution in [3.05, 3.63) is 35.4 Å². The lowest BCUT2D eigenvalue weighted by molar-refractivity contribution is 0.152. The van der Waals surface area contributed by atoms with Gasteiger partial charge < -0.3 is 10.2 Å². The van der Waals surface area contributed by atoms with Crippen LogP contribution in [0, 0.1) is 17.2 Å². The normalized spacial score (nSPS) is 22.0. The number of carbonyl (C=O) groups is 1. The molecule has 1 atom stereocenters. The van der Waals surface area contributed by atoms with E-state index < -0.39 is 0 Å². The Morgan fingerprint density at radius 2 is 1.81 bits per heavy atom. The van der Waals surface area contributed by atoms with Gasteiger partial charge in [0, 0.05) is 38.1 Å². The van der Waals surface area contributed by atoms with Gasteiger partial charge in [-0.25, -0.2) is 4.79 Å². The lowest BCUT2D eigenvalue weighted by atomic mass is 9.99. The zero-order chi connectivity index (χ0) is 18.4. The minimum Gasteiger partial charge on any atom is -0.334 e. The summed E-state index contributed by atoms with van der Waals surface area (Å²) in [7, 11) is 0. The second-order valence-electron chi connectivity index (χ2n) is 7.68. The number of piperidine rings is 2. The molecule has 2 heterocycles. The zero-order valence-electron chi connectivity index (χ0n) is 15.8. The summed E-state index contributed by atoms with van der Waals surface area (Å²) >= 11 is 0. The molecular weight excluding hydrogens is 324 g/mol. The Bertz CT molecular complexity index is 628. The van der Waals surface area contributed by atoms with Gasteiger partial charge in [-0.2, -0.15) is 5.26 Å². The fourth-order valence-corrected chi connectivity index (χ4v) is 3.89. The SMILES string of the molecule is C[C@@H]1CCCCN1Cc1ccc(CNC(=O)N2CCC(C#N)CC2)cc1. The van der Waals surface area contributed by atoms with E-state index in [-0.39, 0.29) is 11.9 Å².